The van der Waals surface area contributed by atoms with Gasteiger partial charge in [-0.15, -0.1) is 11.6 Å². The minimum atomic E-state index is 0.400. The van der Waals surface area contributed by atoms with E-state index in [0.717, 1.165) is 11.3 Å². The first kappa shape index (κ1) is 10.3. The third-order valence-electron chi connectivity index (χ3n) is 1.84. The second-order valence-corrected chi connectivity index (χ2v) is 3.50. The van der Waals surface area contributed by atoms with Gasteiger partial charge in [0.25, 0.3) is 0 Å². The number of pyridine rings is 1. The number of ether oxygens (including phenoxy) is 1. The van der Waals surface area contributed by atoms with E-state index in [0.29, 0.717) is 17.7 Å². The van der Waals surface area contributed by atoms with Crippen LogP contribution in [0.25, 0.3) is 0 Å². The lowest BCUT2D eigenvalue weighted by Gasteiger charge is -2.08. The molecule has 3 heteroatoms. The van der Waals surface area contributed by atoms with Crippen LogP contribution in [-0.2, 0) is 5.88 Å². The predicted octanol–water partition coefficient (Wildman–Crippen LogP) is 2.95. The maximum Gasteiger partial charge on any atom is 0.213 e. The number of methoxy groups -OCH3 is 1. The molecule has 1 aromatic heterocycles. The Morgan fingerprint density at radius 2 is 2.15 bits per heavy atom. The normalized spacial score (nSPS) is 10.5. The summed E-state index contributed by atoms with van der Waals surface area (Å²) in [6.45, 7) is 4.19. The van der Waals surface area contributed by atoms with E-state index in [-0.39, 0.29) is 0 Å². The van der Waals surface area contributed by atoms with Gasteiger partial charge in [-0.2, -0.15) is 0 Å². The van der Waals surface area contributed by atoms with Crippen molar-refractivity contribution in [1.82, 2.24) is 4.98 Å². The molecule has 0 fully saturated rings. The Morgan fingerprint density at radius 3 is 2.62 bits per heavy atom. The Bertz CT molecular complexity index is 264. The van der Waals surface area contributed by atoms with E-state index in [1.54, 1.807) is 7.11 Å². The third-order valence-corrected chi connectivity index (χ3v) is 2.15. The van der Waals surface area contributed by atoms with Gasteiger partial charge in [0.2, 0.25) is 5.88 Å². The van der Waals surface area contributed by atoms with Crippen molar-refractivity contribution in [3.63, 3.8) is 0 Å². The first-order valence-electron chi connectivity index (χ1n) is 4.28. The van der Waals surface area contributed by atoms with E-state index in [4.69, 9.17) is 16.3 Å². The molecule has 72 valence electrons. The molecular weight excluding hydrogens is 186 g/mol. The minimum Gasteiger partial charge on any atom is -0.481 e. The summed E-state index contributed by atoms with van der Waals surface area (Å²) >= 11 is 5.75. The molecule has 0 atom stereocenters. The topological polar surface area (TPSA) is 22.1 Å². The van der Waals surface area contributed by atoms with E-state index >= 15 is 0 Å². The van der Waals surface area contributed by atoms with E-state index in [2.05, 4.69) is 18.8 Å². The van der Waals surface area contributed by atoms with Crippen LogP contribution in [-0.4, -0.2) is 12.1 Å². The number of aromatic nitrogens is 1. The highest BCUT2D eigenvalue weighted by Gasteiger charge is 2.05. The van der Waals surface area contributed by atoms with E-state index in [1.807, 2.05) is 12.1 Å². The fourth-order valence-corrected chi connectivity index (χ4v) is 1.21. The molecule has 1 rings (SSSR count). The maximum atomic E-state index is 5.75. The lowest BCUT2D eigenvalue weighted by Crippen LogP contribution is -1.97. The van der Waals surface area contributed by atoms with Gasteiger partial charge >= 0.3 is 0 Å². The second-order valence-electron chi connectivity index (χ2n) is 3.23. The van der Waals surface area contributed by atoms with Crippen molar-refractivity contribution >= 4 is 11.6 Å². The molecular formula is C10H14ClNO. The third kappa shape index (κ3) is 2.59. The molecule has 0 unspecified atom stereocenters. The highest BCUT2D eigenvalue weighted by Crippen LogP contribution is 2.19. The Hall–Kier alpha value is -0.760. The van der Waals surface area contributed by atoms with Crippen molar-refractivity contribution in [3.05, 3.63) is 23.4 Å². The van der Waals surface area contributed by atoms with Gasteiger partial charge in [-0.3, -0.25) is 0 Å². The zero-order valence-electron chi connectivity index (χ0n) is 8.17. The Morgan fingerprint density at radius 1 is 1.46 bits per heavy atom. The quantitative estimate of drug-likeness (QED) is 0.699. The number of hydrogen-bond acceptors (Lipinski definition) is 2. The SMILES string of the molecule is COc1cc(CCl)cc(C(C)C)n1. The summed E-state index contributed by atoms with van der Waals surface area (Å²) in [4.78, 5) is 4.32. The average molecular weight is 200 g/mol. The van der Waals surface area contributed by atoms with Crippen LogP contribution in [0.1, 0.15) is 31.0 Å². The summed E-state index contributed by atoms with van der Waals surface area (Å²) in [5, 5.41) is 0. The van der Waals surface area contributed by atoms with Crippen molar-refractivity contribution in [2.75, 3.05) is 7.11 Å². The number of rotatable bonds is 3. The van der Waals surface area contributed by atoms with Crippen LogP contribution in [0.15, 0.2) is 12.1 Å². The van der Waals surface area contributed by atoms with Crippen molar-refractivity contribution in [1.29, 1.82) is 0 Å². The standard InChI is InChI=1S/C10H14ClNO/c1-7(2)9-4-8(6-11)5-10(12-9)13-3/h4-5,7H,6H2,1-3H3. The van der Waals surface area contributed by atoms with Gasteiger partial charge in [-0.1, -0.05) is 13.8 Å². The molecule has 0 aliphatic carbocycles. The van der Waals surface area contributed by atoms with Gasteiger partial charge in [0.05, 0.1) is 7.11 Å². The molecule has 0 saturated carbocycles. The number of halogens is 1. The number of nitrogens with zero attached hydrogens (tertiary/aromatic N) is 1. The summed E-state index contributed by atoms with van der Waals surface area (Å²) in [7, 11) is 1.62. The van der Waals surface area contributed by atoms with Gasteiger partial charge in [0, 0.05) is 17.6 Å². The molecule has 0 aromatic carbocycles. The molecule has 0 bridgehead atoms. The molecule has 0 aliphatic heterocycles. The molecule has 0 aliphatic rings. The molecule has 0 saturated heterocycles. The van der Waals surface area contributed by atoms with E-state index < -0.39 is 0 Å². The molecule has 13 heavy (non-hydrogen) atoms. The first-order valence-corrected chi connectivity index (χ1v) is 4.81. The maximum absolute atomic E-state index is 5.75. The number of alkyl halides is 1. The van der Waals surface area contributed by atoms with Crippen molar-refractivity contribution < 1.29 is 4.74 Å². The van der Waals surface area contributed by atoms with Crippen LogP contribution < -0.4 is 4.74 Å². The lowest BCUT2D eigenvalue weighted by molar-refractivity contribution is 0.395. The van der Waals surface area contributed by atoms with E-state index in [1.165, 1.54) is 0 Å². The van der Waals surface area contributed by atoms with Crippen LogP contribution in [0, 0.1) is 0 Å². The fourth-order valence-electron chi connectivity index (χ4n) is 1.06. The van der Waals surface area contributed by atoms with Gasteiger partial charge < -0.3 is 4.74 Å². The Kier molecular flexibility index (Phi) is 3.55. The van der Waals surface area contributed by atoms with Crippen molar-refractivity contribution in [2.45, 2.75) is 25.6 Å². The summed E-state index contributed by atoms with van der Waals surface area (Å²) < 4.78 is 5.08. The van der Waals surface area contributed by atoms with Gasteiger partial charge in [0.1, 0.15) is 0 Å². The van der Waals surface area contributed by atoms with Crippen LogP contribution in [0.5, 0.6) is 5.88 Å². The zero-order chi connectivity index (χ0) is 9.84. The Labute approximate surface area is 83.9 Å². The van der Waals surface area contributed by atoms with Crippen LogP contribution in [0.3, 0.4) is 0 Å². The van der Waals surface area contributed by atoms with Crippen molar-refractivity contribution in [3.8, 4) is 5.88 Å². The first-order chi connectivity index (χ1) is 6.17. The monoisotopic (exact) mass is 199 g/mol. The summed E-state index contributed by atoms with van der Waals surface area (Å²) in [6, 6.07) is 3.87. The summed E-state index contributed by atoms with van der Waals surface area (Å²) in [5.41, 5.74) is 2.08. The molecule has 1 aromatic rings. The largest absolute Gasteiger partial charge is 0.481 e. The van der Waals surface area contributed by atoms with E-state index in [9.17, 15) is 0 Å². The molecule has 0 N–H and O–H groups in total. The van der Waals surface area contributed by atoms with Gasteiger partial charge in [0.15, 0.2) is 0 Å². The summed E-state index contributed by atoms with van der Waals surface area (Å²) in [5.74, 6) is 1.54. The van der Waals surface area contributed by atoms with Gasteiger partial charge in [-0.25, -0.2) is 4.98 Å². The average Bonchev–Trinajstić information content (AvgIpc) is 2.16. The Balaban J connectivity index is 3.07. The predicted molar refractivity (Wildman–Crippen MR) is 54.4 cm³/mol. The van der Waals surface area contributed by atoms with Crippen LogP contribution in [0.4, 0.5) is 0 Å². The molecule has 0 radical (unpaired) electrons. The minimum absolute atomic E-state index is 0.400. The zero-order valence-corrected chi connectivity index (χ0v) is 8.93. The van der Waals surface area contributed by atoms with Crippen LogP contribution >= 0.6 is 11.6 Å². The smallest absolute Gasteiger partial charge is 0.213 e. The molecule has 1 heterocycles. The molecule has 2 nitrogen and oxygen atoms in total. The number of hydrogen-bond donors (Lipinski definition) is 0. The van der Waals surface area contributed by atoms with Gasteiger partial charge in [-0.05, 0) is 17.5 Å². The lowest BCUT2D eigenvalue weighted by atomic mass is 10.1. The molecule has 0 amide bonds. The molecule has 0 spiro atoms. The summed E-state index contributed by atoms with van der Waals surface area (Å²) in [6.07, 6.45) is 0. The second kappa shape index (κ2) is 4.47. The fraction of sp³-hybridized carbons (Fsp3) is 0.500. The van der Waals surface area contributed by atoms with Crippen LogP contribution in [0.2, 0.25) is 0 Å². The highest BCUT2D eigenvalue weighted by molar-refractivity contribution is 6.17. The highest BCUT2D eigenvalue weighted by atomic mass is 35.5. The van der Waals surface area contributed by atoms with Crippen molar-refractivity contribution in [2.24, 2.45) is 0 Å².